The van der Waals surface area contributed by atoms with Crippen LogP contribution in [-0.2, 0) is 28.5 Å². The van der Waals surface area contributed by atoms with E-state index in [9.17, 15) is 9.59 Å². The number of likely N-dealkylation sites (tertiary alicyclic amines) is 1. The van der Waals surface area contributed by atoms with Crippen LogP contribution in [0, 0.1) is 0 Å². The van der Waals surface area contributed by atoms with Crippen LogP contribution in [0.1, 0.15) is 80.2 Å². The van der Waals surface area contributed by atoms with Gasteiger partial charge in [-0.1, -0.05) is 25.3 Å². The molecule has 2 amide bonds. The number of aryl methyl sites for hydroxylation is 2. The molecule has 2 aliphatic heterocycles. The minimum Gasteiger partial charge on any atom is -0.494 e. The molecule has 1 saturated heterocycles. The van der Waals surface area contributed by atoms with Crippen molar-refractivity contribution in [2.24, 2.45) is 12.8 Å². The van der Waals surface area contributed by atoms with Gasteiger partial charge >= 0.3 is 0 Å². The highest BCUT2D eigenvalue weighted by Crippen LogP contribution is 2.36. The molecule has 5 aromatic rings. The molecule has 12 nitrogen and oxygen atoms in total. The number of pyridine rings is 2. The Morgan fingerprint density at radius 1 is 1.04 bits per heavy atom. The van der Waals surface area contributed by atoms with Crippen LogP contribution in [0.4, 0.5) is 0 Å². The van der Waals surface area contributed by atoms with Gasteiger partial charge in [-0.3, -0.25) is 14.6 Å². The summed E-state index contributed by atoms with van der Waals surface area (Å²) in [6.07, 6.45) is 6.94. The number of piperidine rings is 1. The van der Waals surface area contributed by atoms with Gasteiger partial charge in [-0.05, 0) is 75.6 Å². The van der Waals surface area contributed by atoms with E-state index in [1.165, 1.54) is 0 Å². The van der Waals surface area contributed by atoms with Crippen molar-refractivity contribution in [3.8, 4) is 17.3 Å². The van der Waals surface area contributed by atoms with Crippen LogP contribution in [-0.4, -0.2) is 80.3 Å². The van der Waals surface area contributed by atoms with E-state index >= 15 is 0 Å². The predicted octanol–water partition coefficient (Wildman–Crippen LogP) is 5.28. The third-order valence-corrected chi connectivity index (χ3v) is 10.9. The third-order valence-electron chi connectivity index (χ3n) is 10.9. The van der Waals surface area contributed by atoms with Crippen molar-refractivity contribution in [3.05, 3.63) is 71.7 Å². The van der Waals surface area contributed by atoms with Gasteiger partial charge in [0.1, 0.15) is 16.9 Å². The summed E-state index contributed by atoms with van der Waals surface area (Å²) < 4.78 is 15.6. The number of nitrogens with zero attached hydrogens (tertiary/aromatic N) is 6. The molecular weight excluding hydrogens is 644 g/mol. The number of methoxy groups -OCH3 is 2. The van der Waals surface area contributed by atoms with E-state index in [1.54, 1.807) is 31.4 Å². The fraction of sp³-hybridized carbons (Fsp3) is 0.462. The van der Waals surface area contributed by atoms with E-state index in [0.717, 1.165) is 71.7 Å². The van der Waals surface area contributed by atoms with E-state index < -0.39 is 5.41 Å². The highest BCUT2D eigenvalue weighted by Gasteiger charge is 2.37. The highest BCUT2D eigenvalue weighted by molar-refractivity contribution is 6.00. The zero-order chi connectivity index (χ0) is 35.9. The lowest BCUT2D eigenvalue weighted by molar-refractivity contribution is -0.127. The molecule has 7 rings (SSSR count). The number of aromatic nitrogens is 5. The minimum absolute atomic E-state index is 0.0440. The second kappa shape index (κ2) is 14.1. The fourth-order valence-corrected chi connectivity index (χ4v) is 7.81. The molecular formula is C39H48N8O4. The normalized spacial score (nSPS) is 23.4. The number of amides is 2. The lowest BCUT2D eigenvalue weighted by Crippen LogP contribution is -2.53. The molecule has 0 spiro atoms. The van der Waals surface area contributed by atoms with Gasteiger partial charge in [0.05, 0.1) is 47.3 Å². The van der Waals surface area contributed by atoms with Crippen molar-refractivity contribution in [1.29, 1.82) is 0 Å². The summed E-state index contributed by atoms with van der Waals surface area (Å²) in [4.78, 5) is 44.3. The second-order valence-corrected chi connectivity index (χ2v) is 14.3. The number of carbonyl (C=O) groups is 2. The molecule has 51 heavy (non-hydrogen) atoms. The van der Waals surface area contributed by atoms with Gasteiger partial charge in [-0.2, -0.15) is 0 Å². The summed E-state index contributed by atoms with van der Waals surface area (Å²) in [5.41, 5.74) is 10.9. The number of ether oxygens (including phenoxy) is 2. The summed E-state index contributed by atoms with van der Waals surface area (Å²) in [6.45, 7) is 5.73. The lowest BCUT2D eigenvalue weighted by atomic mass is 9.79. The Kier molecular flexibility index (Phi) is 9.56. The van der Waals surface area contributed by atoms with Crippen molar-refractivity contribution in [2.45, 2.75) is 82.5 Å². The molecule has 0 aliphatic carbocycles. The Morgan fingerprint density at radius 3 is 2.61 bits per heavy atom. The van der Waals surface area contributed by atoms with Crippen LogP contribution >= 0.6 is 0 Å². The number of imidazole rings is 1. The molecule has 6 heterocycles. The summed E-state index contributed by atoms with van der Waals surface area (Å²) in [5.74, 6) is 1.18. The molecule has 268 valence electrons. The smallest absolute Gasteiger partial charge is 0.254 e. The first kappa shape index (κ1) is 34.6. The molecule has 1 fully saturated rings. The SMILES string of the molecule is COc1cc(C(=O)N2CC[C@@H](OC)[C@@H](N)C2)cc2nc(-c3cc4ccc5nc4n3CCCCCC[C@@](C)(c3ccccn3)C(=O)N[C@@H]5C)n(C)c12. The number of rotatable bonds is 5. The van der Waals surface area contributed by atoms with E-state index in [1.807, 2.05) is 55.8 Å². The Morgan fingerprint density at radius 2 is 1.86 bits per heavy atom. The molecule has 4 aromatic heterocycles. The molecule has 4 atom stereocenters. The van der Waals surface area contributed by atoms with Gasteiger partial charge in [-0.25, -0.2) is 9.97 Å². The Balaban J connectivity index is 1.26. The topological polar surface area (TPSA) is 142 Å². The minimum atomic E-state index is -0.740. The Hall–Kier alpha value is -4.81. The van der Waals surface area contributed by atoms with Crippen LogP contribution in [0.15, 0.2) is 54.7 Å². The molecule has 0 saturated carbocycles. The van der Waals surface area contributed by atoms with Gasteiger partial charge in [0.15, 0.2) is 5.82 Å². The average Bonchev–Trinajstić information content (AvgIpc) is 3.68. The van der Waals surface area contributed by atoms with Gasteiger partial charge < -0.3 is 34.6 Å². The van der Waals surface area contributed by atoms with Crippen LogP contribution < -0.4 is 15.8 Å². The number of fused-ring (bicyclic) bond motifs is 2. The first-order valence-corrected chi connectivity index (χ1v) is 18.0. The summed E-state index contributed by atoms with van der Waals surface area (Å²) in [7, 11) is 5.26. The number of nitrogens with one attached hydrogen (secondary N) is 1. The molecule has 3 N–H and O–H groups in total. The third kappa shape index (κ3) is 6.35. The van der Waals surface area contributed by atoms with Crippen molar-refractivity contribution < 1.29 is 19.1 Å². The maximum atomic E-state index is 13.9. The van der Waals surface area contributed by atoms with Gasteiger partial charge in [0, 0.05) is 57.0 Å². The monoisotopic (exact) mass is 692 g/mol. The Labute approximate surface area is 298 Å². The average molecular weight is 693 g/mol. The molecule has 12 heteroatoms. The van der Waals surface area contributed by atoms with Gasteiger partial charge in [0.25, 0.3) is 5.91 Å². The first-order chi connectivity index (χ1) is 24.6. The zero-order valence-electron chi connectivity index (χ0n) is 30.2. The molecule has 0 radical (unpaired) electrons. The lowest BCUT2D eigenvalue weighted by Gasteiger charge is -2.36. The summed E-state index contributed by atoms with van der Waals surface area (Å²) in [5, 5.41) is 4.25. The molecule has 2 aliphatic rings. The van der Waals surface area contributed by atoms with E-state index in [4.69, 9.17) is 25.2 Å². The highest BCUT2D eigenvalue weighted by atomic mass is 16.5. The number of carbonyl (C=O) groups excluding carboxylic acids is 2. The second-order valence-electron chi connectivity index (χ2n) is 14.3. The maximum Gasteiger partial charge on any atom is 0.254 e. The summed E-state index contributed by atoms with van der Waals surface area (Å²) in [6, 6.07) is 15.1. The predicted molar refractivity (Wildman–Crippen MR) is 197 cm³/mol. The van der Waals surface area contributed by atoms with Crippen molar-refractivity contribution in [3.63, 3.8) is 0 Å². The van der Waals surface area contributed by atoms with Crippen LogP contribution in [0.25, 0.3) is 33.6 Å². The fourth-order valence-electron chi connectivity index (χ4n) is 7.81. The van der Waals surface area contributed by atoms with Gasteiger partial charge in [-0.15, -0.1) is 0 Å². The van der Waals surface area contributed by atoms with Crippen LogP contribution in [0.5, 0.6) is 5.75 Å². The van der Waals surface area contributed by atoms with E-state index in [-0.39, 0.29) is 30.0 Å². The van der Waals surface area contributed by atoms with Crippen molar-refractivity contribution >= 4 is 33.9 Å². The number of benzene rings is 1. The Bertz CT molecular complexity index is 2070. The number of nitrogens with two attached hydrogens (primary N) is 1. The molecule has 2 bridgehead atoms. The van der Waals surface area contributed by atoms with Crippen LogP contribution in [0.2, 0.25) is 0 Å². The van der Waals surface area contributed by atoms with E-state index in [0.29, 0.717) is 42.8 Å². The van der Waals surface area contributed by atoms with Crippen LogP contribution in [0.3, 0.4) is 0 Å². The first-order valence-electron chi connectivity index (χ1n) is 18.0. The van der Waals surface area contributed by atoms with E-state index in [2.05, 4.69) is 27.0 Å². The summed E-state index contributed by atoms with van der Waals surface area (Å²) >= 11 is 0. The van der Waals surface area contributed by atoms with Crippen molar-refractivity contribution in [2.75, 3.05) is 27.3 Å². The maximum absolute atomic E-state index is 13.9. The number of hydrogen-bond acceptors (Lipinski definition) is 8. The number of hydrogen-bond donors (Lipinski definition) is 2. The van der Waals surface area contributed by atoms with Crippen molar-refractivity contribution in [1.82, 2.24) is 34.3 Å². The zero-order valence-corrected chi connectivity index (χ0v) is 30.2. The molecule has 1 aromatic carbocycles. The molecule has 0 unspecified atom stereocenters. The largest absolute Gasteiger partial charge is 0.494 e. The van der Waals surface area contributed by atoms with Gasteiger partial charge in [0.2, 0.25) is 5.91 Å². The quantitative estimate of drug-likeness (QED) is 0.254. The standard InChI is InChI=1S/C39H48N8O4/c1-24-28-14-13-25-21-30(47(35(25)43-28)18-11-7-6-9-16-39(2,38(49)42-24)33-12-8-10-17-41-33)36-44-29-20-26(22-32(51-5)34(29)45(36)3)37(48)46-19-15-31(50-4)27(40)23-46/h8,10,12-14,17,20-22,24,27,31H,6-7,9,11,15-16,18-19,23,40H2,1-5H3,(H,42,49)/t24-,27+,31-,39+/m1/s1.